The Morgan fingerprint density at radius 1 is 0.652 bits per heavy atom. The van der Waals surface area contributed by atoms with Crippen LogP contribution in [0.25, 0.3) is 11.1 Å². The number of benzene rings is 2. The van der Waals surface area contributed by atoms with Gasteiger partial charge in [0.05, 0.1) is 18.2 Å². The lowest BCUT2D eigenvalue weighted by atomic mass is 9.98. The Labute approximate surface area is 127 Å². The van der Waals surface area contributed by atoms with E-state index in [1.807, 2.05) is 0 Å². The summed E-state index contributed by atoms with van der Waals surface area (Å²) in [6.07, 6.45) is 0. The van der Waals surface area contributed by atoms with Gasteiger partial charge in [0, 0.05) is 5.56 Å². The van der Waals surface area contributed by atoms with Gasteiger partial charge in [0.2, 0.25) is 17.2 Å². The zero-order valence-corrected chi connectivity index (χ0v) is 11.8. The molecule has 0 aliphatic heterocycles. The van der Waals surface area contributed by atoms with Crippen molar-refractivity contribution in [2.24, 2.45) is 0 Å². The fraction of sp³-hybridized carbons (Fsp3) is 0.143. The predicted molar refractivity (Wildman–Crippen MR) is 71.4 cm³/mol. The zero-order valence-electron chi connectivity index (χ0n) is 11.8. The Morgan fingerprint density at radius 2 is 1.09 bits per heavy atom. The summed E-state index contributed by atoms with van der Waals surface area (Å²) in [4.78, 5) is 0. The molecule has 0 radical (unpaired) electrons. The molecule has 2 rings (SSSR count). The van der Waals surface area contributed by atoms with Gasteiger partial charge in [-0.25, -0.2) is 13.2 Å². The second-order valence-electron chi connectivity index (χ2n) is 4.59. The lowest BCUT2D eigenvalue weighted by Gasteiger charge is -2.16. The monoisotopic (exact) mass is 332 g/mol. The zero-order chi connectivity index (χ0) is 17.6. The molecule has 0 aliphatic rings. The fourth-order valence-electron chi connectivity index (χ4n) is 2.13. The third-order valence-corrected chi connectivity index (χ3v) is 3.33. The van der Waals surface area contributed by atoms with Gasteiger partial charge >= 0.3 is 0 Å². The molecule has 0 aromatic heterocycles. The van der Waals surface area contributed by atoms with Gasteiger partial charge in [-0.05, 0) is 6.92 Å². The molecule has 2 aromatic rings. The highest BCUT2D eigenvalue weighted by Crippen LogP contribution is 2.56. The molecule has 0 saturated carbocycles. The van der Waals surface area contributed by atoms with Crippen molar-refractivity contribution in [3.05, 3.63) is 23.0 Å². The van der Waals surface area contributed by atoms with E-state index in [0.717, 1.165) is 14.0 Å². The summed E-state index contributed by atoms with van der Waals surface area (Å²) in [5, 5.41) is 47.6. The second kappa shape index (κ2) is 5.34. The van der Waals surface area contributed by atoms with Gasteiger partial charge in [-0.1, -0.05) is 0 Å². The summed E-state index contributed by atoms with van der Waals surface area (Å²) in [5.41, 5.74) is -2.94. The molecule has 0 spiro atoms. The van der Waals surface area contributed by atoms with Gasteiger partial charge in [-0.15, -0.1) is 0 Å². The predicted octanol–water partition coefficient (Wildman–Crippen LogP) is 2.62. The first-order valence-electron chi connectivity index (χ1n) is 6.05. The summed E-state index contributed by atoms with van der Waals surface area (Å²) in [5.74, 6) is -12.3. The van der Waals surface area contributed by atoms with Crippen molar-refractivity contribution in [2.75, 3.05) is 7.11 Å². The van der Waals surface area contributed by atoms with E-state index in [2.05, 4.69) is 4.74 Å². The van der Waals surface area contributed by atoms with Crippen LogP contribution in [0, 0.1) is 24.4 Å². The second-order valence-corrected chi connectivity index (χ2v) is 4.59. The van der Waals surface area contributed by atoms with Crippen molar-refractivity contribution in [1.82, 2.24) is 0 Å². The molecule has 0 unspecified atom stereocenters. The van der Waals surface area contributed by atoms with Crippen molar-refractivity contribution < 1.29 is 43.4 Å². The highest BCUT2D eigenvalue weighted by Gasteiger charge is 2.32. The molecular formula is C14H11F3O6. The Bertz CT molecular complexity index is 790. The number of aromatic hydroxyl groups is 5. The van der Waals surface area contributed by atoms with Crippen LogP contribution < -0.4 is 4.74 Å². The molecule has 0 amide bonds. The summed E-state index contributed by atoms with van der Waals surface area (Å²) in [6, 6.07) is 0. The van der Waals surface area contributed by atoms with Crippen LogP contribution >= 0.6 is 0 Å². The quantitative estimate of drug-likeness (QED) is 0.328. The number of phenols is 5. The van der Waals surface area contributed by atoms with E-state index in [0.29, 0.717) is 0 Å². The van der Waals surface area contributed by atoms with Crippen molar-refractivity contribution in [3.63, 3.8) is 0 Å². The molecule has 5 N–H and O–H groups in total. The molecule has 6 nitrogen and oxygen atoms in total. The average Bonchev–Trinajstić information content (AvgIpc) is 2.52. The largest absolute Gasteiger partial charge is 0.504 e. The molecule has 0 fully saturated rings. The minimum Gasteiger partial charge on any atom is -0.504 e. The van der Waals surface area contributed by atoms with Gasteiger partial charge in [-0.2, -0.15) is 0 Å². The first kappa shape index (κ1) is 16.4. The first-order chi connectivity index (χ1) is 10.6. The van der Waals surface area contributed by atoms with E-state index in [1.54, 1.807) is 0 Å². The highest BCUT2D eigenvalue weighted by atomic mass is 19.2. The van der Waals surface area contributed by atoms with Crippen LogP contribution in [0.15, 0.2) is 0 Å². The number of rotatable bonds is 2. The summed E-state index contributed by atoms with van der Waals surface area (Å²) in [6.45, 7) is 1.04. The molecule has 0 aliphatic carbocycles. The molecular weight excluding hydrogens is 321 g/mol. The Balaban J connectivity index is 3.03. The number of halogens is 3. The van der Waals surface area contributed by atoms with E-state index in [-0.39, 0.29) is 0 Å². The van der Waals surface area contributed by atoms with Gasteiger partial charge in [-0.3, -0.25) is 0 Å². The van der Waals surface area contributed by atoms with E-state index in [1.165, 1.54) is 0 Å². The first-order valence-corrected chi connectivity index (χ1v) is 6.05. The highest BCUT2D eigenvalue weighted by molar-refractivity contribution is 5.86. The van der Waals surface area contributed by atoms with Crippen LogP contribution in [0.2, 0.25) is 0 Å². The number of hydrogen-bond donors (Lipinski definition) is 5. The lowest BCUT2D eigenvalue weighted by Crippen LogP contribution is -2.03. The van der Waals surface area contributed by atoms with Crippen molar-refractivity contribution in [1.29, 1.82) is 0 Å². The maximum absolute atomic E-state index is 14.4. The molecule has 0 atom stereocenters. The Kier molecular flexibility index (Phi) is 3.81. The topological polar surface area (TPSA) is 110 Å². The Hall–Kier alpha value is -2.97. The molecule has 2 aromatic carbocycles. The standard InChI is InChI=1S/C14H11F3O6/c1-3-6(15)7(16)4(8(17)14(3)23-2)5-9(18)11(20)13(22)12(21)10(5)19/h18-22H,1-2H3. The van der Waals surface area contributed by atoms with Crippen molar-refractivity contribution in [2.45, 2.75) is 6.92 Å². The molecule has 23 heavy (non-hydrogen) atoms. The molecule has 0 bridgehead atoms. The van der Waals surface area contributed by atoms with Gasteiger partial charge < -0.3 is 30.3 Å². The summed E-state index contributed by atoms with van der Waals surface area (Å²) >= 11 is 0. The molecule has 9 heteroatoms. The third-order valence-electron chi connectivity index (χ3n) is 3.33. The number of methoxy groups -OCH3 is 1. The minimum absolute atomic E-state index is 0.502. The molecule has 124 valence electrons. The van der Waals surface area contributed by atoms with Crippen LogP contribution in [0.3, 0.4) is 0 Å². The third kappa shape index (κ3) is 2.12. The molecule has 0 saturated heterocycles. The van der Waals surface area contributed by atoms with Crippen LogP contribution in [-0.4, -0.2) is 32.6 Å². The summed E-state index contributed by atoms with van der Waals surface area (Å²) < 4.78 is 47.0. The van der Waals surface area contributed by atoms with Crippen LogP contribution in [0.1, 0.15) is 5.56 Å². The fourth-order valence-corrected chi connectivity index (χ4v) is 2.13. The normalized spacial score (nSPS) is 10.8. The van der Waals surface area contributed by atoms with Crippen molar-refractivity contribution >= 4 is 0 Å². The van der Waals surface area contributed by atoms with E-state index >= 15 is 0 Å². The number of phenolic OH excluding ortho intramolecular Hbond substituents is 5. The van der Waals surface area contributed by atoms with Gasteiger partial charge in [0.1, 0.15) is 0 Å². The number of ether oxygens (including phenoxy) is 1. The van der Waals surface area contributed by atoms with Crippen LogP contribution in [0.4, 0.5) is 13.2 Å². The van der Waals surface area contributed by atoms with Crippen molar-refractivity contribution in [3.8, 4) is 45.6 Å². The van der Waals surface area contributed by atoms with E-state index < -0.39 is 68.6 Å². The van der Waals surface area contributed by atoms with Crippen LogP contribution in [-0.2, 0) is 0 Å². The van der Waals surface area contributed by atoms with Gasteiger partial charge in [0.25, 0.3) is 0 Å². The minimum atomic E-state index is -1.80. The van der Waals surface area contributed by atoms with E-state index in [4.69, 9.17) is 0 Å². The lowest BCUT2D eigenvalue weighted by molar-refractivity contribution is 0.329. The smallest absolute Gasteiger partial charge is 0.208 e. The maximum Gasteiger partial charge on any atom is 0.208 e. The molecule has 0 heterocycles. The Morgan fingerprint density at radius 3 is 1.52 bits per heavy atom. The van der Waals surface area contributed by atoms with Gasteiger partial charge in [0.15, 0.2) is 34.7 Å². The average molecular weight is 332 g/mol. The summed E-state index contributed by atoms with van der Waals surface area (Å²) in [7, 11) is 0.984. The SMILES string of the molecule is COc1c(C)c(F)c(F)c(-c2c(O)c(O)c(O)c(O)c2O)c1F. The maximum atomic E-state index is 14.4. The van der Waals surface area contributed by atoms with E-state index in [9.17, 15) is 38.7 Å². The van der Waals surface area contributed by atoms with Crippen LogP contribution in [0.5, 0.6) is 34.5 Å². The number of hydrogen-bond acceptors (Lipinski definition) is 6.